The number of carbonyl (C=O) groups excluding carboxylic acids is 2. The molecule has 0 spiro atoms. The highest BCUT2D eigenvalue weighted by molar-refractivity contribution is 14.1. The summed E-state index contributed by atoms with van der Waals surface area (Å²) in [6, 6.07) is 18.0. The molecule has 11 rings (SSSR count). The van der Waals surface area contributed by atoms with Gasteiger partial charge in [-0.25, -0.2) is 39.5 Å². The second-order valence-corrected chi connectivity index (χ2v) is 19.9. The molecule has 0 unspecified atom stereocenters. The summed E-state index contributed by atoms with van der Waals surface area (Å²) in [5, 5.41) is 22.2. The lowest BCUT2D eigenvalue weighted by molar-refractivity contribution is -0.0484. The number of esters is 2. The Balaban J connectivity index is 0.000000181. The third-order valence-electron chi connectivity index (χ3n) is 12.6. The van der Waals surface area contributed by atoms with Gasteiger partial charge in [0, 0.05) is 62.8 Å². The lowest BCUT2D eigenvalue weighted by Crippen LogP contribution is -2.25. The Morgan fingerprint density at radius 3 is 1.65 bits per heavy atom. The predicted molar refractivity (Wildman–Crippen MR) is 299 cm³/mol. The average molecular weight is 1260 g/mol. The van der Waals surface area contributed by atoms with Crippen LogP contribution in [0.2, 0.25) is 5.15 Å². The molecular formula is C53H62ClI2N9O9. The number of nitrogens with zero attached hydrogens (tertiary/aromatic N) is 9. The lowest BCUT2D eigenvalue weighted by atomic mass is 10.1. The van der Waals surface area contributed by atoms with Crippen molar-refractivity contribution in [3.8, 4) is 0 Å². The Hall–Kier alpha value is -5.21. The number of hydrogen-bond donors (Lipinski definition) is 2. The summed E-state index contributed by atoms with van der Waals surface area (Å²) >= 11 is 10.6. The fourth-order valence-electron chi connectivity index (χ4n) is 9.00. The van der Waals surface area contributed by atoms with Gasteiger partial charge in [-0.2, -0.15) is 0 Å². The molecule has 74 heavy (non-hydrogen) atoms. The van der Waals surface area contributed by atoms with Crippen LogP contribution < -0.4 is 0 Å². The van der Waals surface area contributed by atoms with Crippen LogP contribution in [0, 0.1) is 14.1 Å². The molecule has 3 fully saturated rings. The summed E-state index contributed by atoms with van der Waals surface area (Å²) in [6.07, 6.45) is 14.2. The molecule has 6 aromatic heterocycles. The van der Waals surface area contributed by atoms with Crippen molar-refractivity contribution < 1.29 is 43.5 Å². The van der Waals surface area contributed by atoms with Gasteiger partial charge in [-0.15, -0.1) is 0 Å². The number of rotatable bonds is 10. The molecule has 0 saturated carbocycles. The molecule has 3 aliphatic heterocycles. The first-order valence-electron chi connectivity index (χ1n) is 23.1. The van der Waals surface area contributed by atoms with E-state index in [9.17, 15) is 14.7 Å². The number of ether oxygens (including phenoxy) is 5. The fourth-order valence-corrected chi connectivity index (χ4v) is 10.9. The van der Waals surface area contributed by atoms with Gasteiger partial charge in [-0.05, 0) is 94.8 Å². The molecule has 0 bridgehead atoms. The van der Waals surface area contributed by atoms with Crippen molar-refractivity contribution in [1.82, 2.24) is 43.6 Å². The van der Waals surface area contributed by atoms with Crippen molar-refractivity contribution in [3.05, 3.63) is 140 Å². The number of fused-ring (bicyclic) bond motifs is 3. The van der Waals surface area contributed by atoms with Crippen LogP contribution in [0.4, 0.5) is 0 Å². The average Bonchev–Trinajstić information content (AvgIpc) is 4.27. The zero-order valence-corrected chi connectivity index (χ0v) is 43.8. The molecule has 18 nitrogen and oxygen atoms in total. The summed E-state index contributed by atoms with van der Waals surface area (Å²) in [5.74, 6) is -0.687. The summed E-state index contributed by atoms with van der Waals surface area (Å²) in [4.78, 5) is 50.2. The van der Waals surface area contributed by atoms with Gasteiger partial charge in [0.15, 0.2) is 18.7 Å². The first-order chi connectivity index (χ1) is 34.5. The molecule has 21 heteroatoms. The molecule has 2 N–H and O–H groups in total. The number of carbonyl (C=O) groups is 2. The highest BCUT2D eigenvalue weighted by Gasteiger charge is 2.41. The largest absolute Gasteiger partial charge is 0.454 e. The third-order valence-corrected chi connectivity index (χ3v) is 14.5. The molecule has 8 aromatic rings. The van der Waals surface area contributed by atoms with Crippen molar-refractivity contribution in [3.63, 3.8) is 0 Å². The topological polar surface area (TPSA) is 213 Å². The van der Waals surface area contributed by atoms with E-state index in [1.54, 1.807) is 41.2 Å². The minimum absolute atomic E-state index is 0. The van der Waals surface area contributed by atoms with Gasteiger partial charge in [0.05, 0.1) is 46.8 Å². The number of aliphatic hydroxyl groups excluding tert-OH is 2. The zero-order chi connectivity index (χ0) is 49.8. The highest BCUT2D eigenvalue weighted by atomic mass is 127. The van der Waals surface area contributed by atoms with Crippen LogP contribution in [0.15, 0.2) is 111 Å². The second-order valence-electron chi connectivity index (χ2n) is 17.2. The third kappa shape index (κ3) is 12.4. The maximum absolute atomic E-state index is 12.6. The van der Waals surface area contributed by atoms with Crippen LogP contribution in [-0.4, -0.2) is 109 Å². The molecule has 3 aliphatic rings. The van der Waals surface area contributed by atoms with E-state index in [-0.39, 0.29) is 65.2 Å². The van der Waals surface area contributed by atoms with E-state index in [0.717, 1.165) is 53.0 Å². The standard InChI is InChI=1S/C20H21N3O3.C19H17ClIN3O3.C11H12IN3O3.3CH4/c1-3-15-9-17(26-20(24)14-7-5-4-6-8-14)19(25-15)23-11-13(2)16-10-21-12-22-18(16)23;1-2-12-8-14(27-19(25)11-6-4-3-5-7-11)18(26-12)24-9-13(21)15-16(20)22-10-23-17(15)24;12-8-3-15(10-7(8)2-13-5-14-10)11-9(17)1-6(4-16)18-11;;;/h4-8,10-12,15,17,19H,3,9H2,1-2H3;3-7,9-10,12,14,18H,2,8H2,1H3;2-3,5-6,9,11,16-17H,1,4H2;3*1H4/t15-,17-,19-;12-,14-,18-;6-,9+,11+;;;/m110.../s1. The van der Waals surface area contributed by atoms with E-state index in [2.05, 4.69) is 88.9 Å². The van der Waals surface area contributed by atoms with Crippen LogP contribution in [0.1, 0.15) is 113 Å². The van der Waals surface area contributed by atoms with Gasteiger partial charge in [0.1, 0.15) is 59.4 Å². The summed E-state index contributed by atoms with van der Waals surface area (Å²) < 4.78 is 37.2. The van der Waals surface area contributed by atoms with E-state index in [0.29, 0.717) is 41.2 Å². The molecule has 0 amide bonds. The van der Waals surface area contributed by atoms with E-state index < -0.39 is 30.9 Å². The first kappa shape index (κ1) is 58.1. The molecule has 3 saturated heterocycles. The monoisotopic (exact) mass is 1260 g/mol. The minimum Gasteiger partial charge on any atom is -0.454 e. The smallest absolute Gasteiger partial charge is 0.338 e. The number of aryl methyl sites for hydroxylation is 1. The Kier molecular flexibility index (Phi) is 20.4. The fraction of sp³-hybridized carbons (Fsp3) is 0.396. The number of aromatic nitrogens is 9. The summed E-state index contributed by atoms with van der Waals surface area (Å²) in [5.41, 5.74) is 4.33. The van der Waals surface area contributed by atoms with Gasteiger partial charge >= 0.3 is 11.9 Å². The Morgan fingerprint density at radius 1 is 0.649 bits per heavy atom. The van der Waals surface area contributed by atoms with Crippen LogP contribution in [0.5, 0.6) is 0 Å². The molecule has 394 valence electrons. The predicted octanol–water partition coefficient (Wildman–Crippen LogP) is 10.9. The SMILES string of the molecule is C.C.C.CC[C@@H]1C[C@@H](OC(=O)c2ccccc2)[C@H](n2cc(C)c3cncnc32)O1.CC[C@@H]1C[C@@H](OC(=O)c2ccccc2)[C@H](n2cc(I)c3c(Cl)ncnc32)O1.OC[C@@H]1C[C@@H](O)[C@H](n2cc(I)c3cncnc32)O1. The quantitative estimate of drug-likeness (QED) is 0.0740. The van der Waals surface area contributed by atoms with E-state index in [1.807, 2.05) is 71.0 Å². The van der Waals surface area contributed by atoms with E-state index in [4.69, 9.17) is 40.4 Å². The summed E-state index contributed by atoms with van der Waals surface area (Å²) in [7, 11) is 0. The lowest BCUT2D eigenvalue weighted by Gasteiger charge is -2.21. The van der Waals surface area contributed by atoms with Crippen molar-refractivity contribution in [1.29, 1.82) is 0 Å². The van der Waals surface area contributed by atoms with Crippen LogP contribution >= 0.6 is 56.8 Å². The molecule has 9 atom stereocenters. The number of hydrogen-bond acceptors (Lipinski definition) is 15. The highest BCUT2D eigenvalue weighted by Crippen LogP contribution is 2.39. The number of aliphatic hydroxyl groups is 2. The van der Waals surface area contributed by atoms with E-state index >= 15 is 0 Å². The Morgan fingerprint density at radius 2 is 1.12 bits per heavy atom. The molecule has 0 aliphatic carbocycles. The van der Waals surface area contributed by atoms with Gasteiger partial charge in [-0.3, -0.25) is 0 Å². The minimum atomic E-state index is -0.636. The van der Waals surface area contributed by atoms with Gasteiger partial charge < -0.3 is 47.6 Å². The Bertz CT molecular complexity index is 3130. The first-order valence-corrected chi connectivity index (χ1v) is 25.7. The Labute approximate surface area is 462 Å². The second kappa shape index (κ2) is 26.0. The van der Waals surface area contributed by atoms with Crippen molar-refractivity contribution >= 4 is 102 Å². The maximum atomic E-state index is 12.6. The van der Waals surface area contributed by atoms with Gasteiger partial charge in [-0.1, -0.05) is 84.1 Å². The number of benzene rings is 2. The number of halogens is 3. The molecule has 9 heterocycles. The van der Waals surface area contributed by atoms with Crippen molar-refractivity contribution in [2.45, 2.75) is 130 Å². The summed E-state index contributed by atoms with van der Waals surface area (Å²) in [6.45, 7) is 6.06. The van der Waals surface area contributed by atoms with Gasteiger partial charge in [0.2, 0.25) is 0 Å². The molecular weight excluding hydrogens is 1200 g/mol. The normalized spacial score (nSPS) is 22.9. The van der Waals surface area contributed by atoms with E-state index in [1.165, 1.54) is 19.0 Å². The maximum Gasteiger partial charge on any atom is 0.338 e. The van der Waals surface area contributed by atoms with Crippen LogP contribution in [0.25, 0.3) is 33.1 Å². The zero-order valence-electron chi connectivity index (χ0n) is 38.7. The van der Waals surface area contributed by atoms with Crippen molar-refractivity contribution in [2.75, 3.05) is 6.61 Å². The van der Waals surface area contributed by atoms with Crippen LogP contribution in [-0.2, 0) is 23.7 Å². The molecule has 0 radical (unpaired) electrons. The molecule has 2 aromatic carbocycles. The van der Waals surface area contributed by atoms with Gasteiger partial charge in [0.25, 0.3) is 0 Å². The van der Waals surface area contributed by atoms with Crippen molar-refractivity contribution in [2.24, 2.45) is 0 Å². The van der Waals surface area contributed by atoms with Crippen LogP contribution in [0.3, 0.4) is 0 Å².